The summed E-state index contributed by atoms with van der Waals surface area (Å²) in [6.45, 7) is 3.53. The van der Waals surface area contributed by atoms with Gasteiger partial charge in [-0.3, -0.25) is 9.59 Å². The number of hydrogen-bond donors (Lipinski definition) is 0. The standard InChI is InChI=1S/C12H20O6S/c1-12(2,11(14)17-3)10(13)8-19(15,16)9-4-6-18-7-5-9/h9H,4-8H2,1-3H3. The van der Waals surface area contributed by atoms with E-state index in [2.05, 4.69) is 4.74 Å². The van der Waals surface area contributed by atoms with Crippen LogP contribution in [0.5, 0.6) is 0 Å². The van der Waals surface area contributed by atoms with Gasteiger partial charge in [0.1, 0.15) is 11.2 Å². The van der Waals surface area contributed by atoms with E-state index in [0.717, 1.165) is 0 Å². The molecule has 0 aromatic rings. The van der Waals surface area contributed by atoms with E-state index in [1.165, 1.54) is 21.0 Å². The van der Waals surface area contributed by atoms with Gasteiger partial charge in [0.2, 0.25) is 0 Å². The summed E-state index contributed by atoms with van der Waals surface area (Å²) in [5.74, 6) is -1.98. The molecular formula is C12H20O6S. The fourth-order valence-corrected chi connectivity index (χ4v) is 3.76. The number of methoxy groups -OCH3 is 1. The van der Waals surface area contributed by atoms with Gasteiger partial charge in [-0.25, -0.2) is 8.42 Å². The first-order chi connectivity index (χ1) is 8.71. The van der Waals surface area contributed by atoms with Crippen molar-refractivity contribution in [3.63, 3.8) is 0 Å². The highest BCUT2D eigenvalue weighted by Crippen LogP contribution is 2.23. The van der Waals surface area contributed by atoms with Crippen molar-refractivity contribution in [2.24, 2.45) is 5.41 Å². The van der Waals surface area contributed by atoms with Crippen molar-refractivity contribution < 1.29 is 27.5 Å². The molecule has 1 saturated heterocycles. The minimum Gasteiger partial charge on any atom is -0.468 e. The average Bonchev–Trinajstić information content (AvgIpc) is 2.38. The molecule has 0 aromatic heterocycles. The number of Topliss-reactive ketones (excluding diaryl/α,β-unsaturated/α-hetero) is 1. The highest BCUT2D eigenvalue weighted by molar-refractivity contribution is 7.92. The first-order valence-electron chi connectivity index (χ1n) is 6.13. The Morgan fingerprint density at radius 2 is 1.79 bits per heavy atom. The maximum absolute atomic E-state index is 12.1. The predicted octanol–water partition coefficient (Wildman–Crippen LogP) is 0.349. The molecule has 0 spiro atoms. The Balaban J connectivity index is 2.77. The molecule has 1 aliphatic rings. The van der Waals surface area contributed by atoms with Crippen LogP contribution in [-0.4, -0.2) is 51.5 Å². The van der Waals surface area contributed by atoms with Crippen LogP contribution in [0.3, 0.4) is 0 Å². The molecule has 110 valence electrons. The van der Waals surface area contributed by atoms with E-state index in [1.54, 1.807) is 0 Å². The van der Waals surface area contributed by atoms with Crippen molar-refractivity contribution in [2.45, 2.75) is 31.9 Å². The summed E-state index contributed by atoms with van der Waals surface area (Å²) in [6, 6.07) is 0. The molecule has 0 bridgehead atoms. The van der Waals surface area contributed by atoms with E-state index < -0.39 is 38.0 Å². The number of hydrogen-bond acceptors (Lipinski definition) is 6. The second-order valence-corrected chi connectivity index (χ2v) is 7.44. The first-order valence-corrected chi connectivity index (χ1v) is 7.84. The molecule has 1 rings (SSSR count). The molecule has 0 aromatic carbocycles. The van der Waals surface area contributed by atoms with Crippen LogP contribution in [0.15, 0.2) is 0 Å². The van der Waals surface area contributed by atoms with Crippen molar-refractivity contribution in [3.8, 4) is 0 Å². The monoisotopic (exact) mass is 292 g/mol. The van der Waals surface area contributed by atoms with E-state index in [9.17, 15) is 18.0 Å². The van der Waals surface area contributed by atoms with Crippen LogP contribution >= 0.6 is 0 Å². The lowest BCUT2D eigenvalue weighted by Gasteiger charge is -2.24. The Bertz CT molecular complexity index is 445. The molecule has 1 heterocycles. The lowest BCUT2D eigenvalue weighted by atomic mass is 9.89. The Morgan fingerprint density at radius 1 is 1.26 bits per heavy atom. The fraction of sp³-hybridized carbons (Fsp3) is 0.833. The lowest BCUT2D eigenvalue weighted by Crippen LogP contribution is -2.41. The van der Waals surface area contributed by atoms with Crippen molar-refractivity contribution in [3.05, 3.63) is 0 Å². The number of carbonyl (C=O) groups is 2. The van der Waals surface area contributed by atoms with Gasteiger partial charge in [-0.05, 0) is 26.7 Å². The molecule has 6 nitrogen and oxygen atoms in total. The van der Waals surface area contributed by atoms with Crippen molar-refractivity contribution in [1.82, 2.24) is 0 Å². The third kappa shape index (κ3) is 3.76. The second-order valence-electron chi connectivity index (χ2n) is 5.16. The van der Waals surface area contributed by atoms with Gasteiger partial charge in [-0.1, -0.05) is 0 Å². The second kappa shape index (κ2) is 6.00. The van der Waals surface area contributed by atoms with E-state index in [1.807, 2.05) is 0 Å². The third-order valence-electron chi connectivity index (χ3n) is 3.40. The van der Waals surface area contributed by atoms with Gasteiger partial charge in [0.05, 0.1) is 12.4 Å². The molecular weight excluding hydrogens is 272 g/mol. The summed E-state index contributed by atoms with van der Waals surface area (Å²) < 4.78 is 33.9. The van der Waals surface area contributed by atoms with Crippen LogP contribution in [0.1, 0.15) is 26.7 Å². The summed E-state index contributed by atoms with van der Waals surface area (Å²) >= 11 is 0. The van der Waals surface area contributed by atoms with Gasteiger partial charge in [0, 0.05) is 13.2 Å². The van der Waals surface area contributed by atoms with Gasteiger partial charge >= 0.3 is 5.97 Å². The molecule has 7 heteroatoms. The number of esters is 1. The molecule has 0 atom stereocenters. The SMILES string of the molecule is COC(=O)C(C)(C)C(=O)CS(=O)(=O)C1CCOCC1. The van der Waals surface area contributed by atoms with Gasteiger partial charge in [-0.2, -0.15) is 0 Å². The number of ketones is 1. The van der Waals surface area contributed by atoms with Crippen LogP contribution in [-0.2, 0) is 28.9 Å². The van der Waals surface area contributed by atoms with E-state index in [4.69, 9.17) is 4.74 Å². The van der Waals surface area contributed by atoms with Crippen molar-refractivity contribution in [1.29, 1.82) is 0 Å². The summed E-state index contributed by atoms with van der Waals surface area (Å²) in [4.78, 5) is 23.5. The molecule has 0 radical (unpaired) electrons. The van der Waals surface area contributed by atoms with E-state index in [-0.39, 0.29) is 0 Å². The smallest absolute Gasteiger partial charge is 0.318 e. The maximum Gasteiger partial charge on any atom is 0.318 e. The highest BCUT2D eigenvalue weighted by Gasteiger charge is 2.41. The Hall–Kier alpha value is -0.950. The van der Waals surface area contributed by atoms with Crippen molar-refractivity contribution in [2.75, 3.05) is 26.1 Å². The summed E-state index contributed by atoms with van der Waals surface area (Å²) in [6.07, 6.45) is 0.794. The van der Waals surface area contributed by atoms with Crippen LogP contribution in [0.4, 0.5) is 0 Å². The fourth-order valence-electron chi connectivity index (χ4n) is 1.89. The summed E-state index contributed by atoms with van der Waals surface area (Å²) in [7, 11) is -2.37. The molecule has 0 saturated carbocycles. The van der Waals surface area contributed by atoms with Crippen LogP contribution < -0.4 is 0 Å². The molecule has 0 unspecified atom stereocenters. The van der Waals surface area contributed by atoms with Crippen LogP contribution in [0.25, 0.3) is 0 Å². The lowest BCUT2D eigenvalue weighted by molar-refractivity contribution is -0.154. The predicted molar refractivity (Wildman–Crippen MR) is 68.4 cm³/mol. The van der Waals surface area contributed by atoms with Crippen LogP contribution in [0.2, 0.25) is 0 Å². The Labute approximate surface area is 113 Å². The zero-order valence-electron chi connectivity index (χ0n) is 11.5. The van der Waals surface area contributed by atoms with Gasteiger partial charge in [0.25, 0.3) is 0 Å². The van der Waals surface area contributed by atoms with Gasteiger partial charge < -0.3 is 9.47 Å². The quantitative estimate of drug-likeness (QED) is 0.537. The molecule has 1 aliphatic heterocycles. The van der Waals surface area contributed by atoms with Crippen molar-refractivity contribution >= 4 is 21.6 Å². The molecule has 0 aliphatic carbocycles. The summed E-state index contributed by atoms with van der Waals surface area (Å²) in [5.41, 5.74) is -1.44. The summed E-state index contributed by atoms with van der Waals surface area (Å²) in [5, 5.41) is -0.557. The number of ether oxygens (including phenoxy) is 2. The minimum atomic E-state index is -3.54. The average molecular weight is 292 g/mol. The normalized spacial score (nSPS) is 18.1. The van der Waals surface area contributed by atoms with Crippen LogP contribution in [0, 0.1) is 5.41 Å². The zero-order chi connectivity index (χ0) is 14.7. The molecule has 0 N–H and O–H groups in total. The van der Waals surface area contributed by atoms with E-state index >= 15 is 0 Å². The first kappa shape index (κ1) is 16.1. The Morgan fingerprint density at radius 3 is 2.26 bits per heavy atom. The molecule has 1 fully saturated rings. The Kier molecular flexibility index (Phi) is 5.09. The topological polar surface area (TPSA) is 86.7 Å². The minimum absolute atomic E-state index is 0.387. The molecule has 19 heavy (non-hydrogen) atoms. The van der Waals surface area contributed by atoms with E-state index in [0.29, 0.717) is 26.1 Å². The largest absolute Gasteiger partial charge is 0.468 e. The number of sulfone groups is 1. The molecule has 0 amide bonds. The highest BCUT2D eigenvalue weighted by atomic mass is 32.2. The zero-order valence-corrected chi connectivity index (χ0v) is 12.3. The van der Waals surface area contributed by atoms with Gasteiger partial charge in [0.15, 0.2) is 15.6 Å². The van der Waals surface area contributed by atoms with Gasteiger partial charge in [-0.15, -0.1) is 0 Å². The maximum atomic E-state index is 12.1. The third-order valence-corrected chi connectivity index (χ3v) is 5.55. The number of rotatable bonds is 5. The number of carbonyl (C=O) groups excluding carboxylic acids is 2.